The maximum atomic E-state index is 12.4. The summed E-state index contributed by atoms with van der Waals surface area (Å²) in [6.07, 6.45) is 0. The van der Waals surface area contributed by atoms with E-state index in [-0.39, 0.29) is 4.21 Å². The van der Waals surface area contributed by atoms with Crippen LogP contribution in [-0.4, -0.2) is 15.5 Å². The van der Waals surface area contributed by atoms with Crippen LogP contribution in [0.4, 0.5) is 5.69 Å². The smallest absolute Gasteiger partial charge is 0.271 e. The van der Waals surface area contributed by atoms with E-state index < -0.39 is 10.0 Å². The van der Waals surface area contributed by atoms with Gasteiger partial charge in [-0.1, -0.05) is 41.9 Å². The zero-order chi connectivity index (χ0) is 17.2. The molecule has 124 valence electrons. The van der Waals surface area contributed by atoms with Gasteiger partial charge in [-0.3, -0.25) is 4.72 Å². The summed E-state index contributed by atoms with van der Waals surface area (Å²) in [7, 11) is -2.09. The third kappa shape index (κ3) is 3.56. The van der Waals surface area contributed by atoms with E-state index in [2.05, 4.69) is 4.72 Å². The maximum absolute atomic E-state index is 12.4. The number of benzene rings is 2. The van der Waals surface area contributed by atoms with Gasteiger partial charge in [0.1, 0.15) is 9.96 Å². The quantitative estimate of drug-likeness (QED) is 0.687. The Balaban J connectivity index is 1.98. The topological polar surface area (TPSA) is 55.4 Å². The number of anilines is 1. The Hall–Kier alpha value is -2.02. The minimum atomic E-state index is -3.67. The van der Waals surface area contributed by atoms with Crippen LogP contribution in [0.5, 0.6) is 5.75 Å². The van der Waals surface area contributed by atoms with Crippen molar-refractivity contribution in [2.45, 2.75) is 4.21 Å². The predicted octanol–water partition coefficient (Wildman–Crippen LogP) is 4.88. The van der Waals surface area contributed by atoms with Gasteiger partial charge in [0.25, 0.3) is 10.0 Å². The molecular formula is C17H14ClNO3S2. The van der Waals surface area contributed by atoms with Crippen LogP contribution < -0.4 is 9.46 Å². The van der Waals surface area contributed by atoms with Gasteiger partial charge in [-0.25, -0.2) is 8.42 Å². The van der Waals surface area contributed by atoms with Crippen LogP contribution in [-0.2, 0) is 10.0 Å². The van der Waals surface area contributed by atoms with Gasteiger partial charge in [-0.05, 0) is 35.9 Å². The molecule has 0 amide bonds. The number of methoxy groups -OCH3 is 1. The van der Waals surface area contributed by atoms with E-state index >= 15 is 0 Å². The van der Waals surface area contributed by atoms with Crippen LogP contribution in [0.2, 0.25) is 4.34 Å². The monoisotopic (exact) mass is 379 g/mol. The SMILES string of the molecule is COc1ccc(NS(=O)(=O)c2ccc(Cl)s2)cc1-c1ccccc1. The molecule has 0 aliphatic heterocycles. The van der Waals surface area contributed by atoms with Crippen LogP contribution in [0.3, 0.4) is 0 Å². The largest absolute Gasteiger partial charge is 0.496 e. The molecule has 2 aromatic carbocycles. The van der Waals surface area contributed by atoms with E-state index in [4.69, 9.17) is 16.3 Å². The molecule has 7 heteroatoms. The average Bonchev–Trinajstić information content (AvgIpc) is 3.03. The number of thiophene rings is 1. The number of halogens is 1. The normalized spacial score (nSPS) is 11.2. The fourth-order valence-electron chi connectivity index (χ4n) is 2.26. The molecule has 1 heterocycles. The Labute approximate surface area is 149 Å². The lowest BCUT2D eigenvalue weighted by Gasteiger charge is -2.12. The molecule has 0 bridgehead atoms. The highest BCUT2D eigenvalue weighted by Gasteiger charge is 2.17. The molecule has 4 nitrogen and oxygen atoms in total. The van der Waals surface area contributed by atoms with Gasteiger partial charge in [-0.15, -0.1) is 11.3 Å². The van der Waals surface area contributed by atoms with E-state index in [9.17, 15) is 8.42 Å². The van der Waals surface area contributed by atoms with E-state index in [1.165, 1.54) is 6.07 Å². The van der Waals surface area contributed by atoms with Gasteiger partial charge in [0, 0.05) is 11.3 Å². The summed E-state index contributed by atoms with van der Waals surface area (Å²) in [6, 6.07) is 17.8. The molecule has 3 aromatic rings. The van der Waals surface area contributed by atoms with Crippen LogP contribution in [0.15, 0.2) is 64.9 Å². The first-order chi connectivity index (χ1) is 11.5. The second-order valence-corrected chi connectivity index (χ2v) is 8.57. The lowest BCUT2D eigenvalue weighted by Crippen LogP contribution is -2.11. The summed E-state index contributed by atoms with van der Waals surface area (Å²) < 4.78 is 33.4. The Morgan fingerprint density at radius 3 is 2.42 bits per heavy atom. The number of sulfonamides is 1. The van der Waals surface area contributed by atoms with Crippen molar-refractivity contribution in [3.8, 4) is 16.9 Å². The second-order valence-electron chi connectivity index (χ2n) is 4.95. The minimum Gasteiger partial charge on any atom is -0.496 e. The first-order valence-electron chi connectivity index (χ1n) is 7.01. The summed E-state index contributed by atoms with van der Waals surface area (Å²) >= 11 is 6.84. The zero-order valence-electron chi connectivity index (χ0n) is 12.7. The number of hydrogen-bond acceptors (Lipinski definition) is 4. The molecule has 1 N–H and O–H groups in total. The summed E-state index contributed by atoms with van der Waals surface area (Å²) in [5, 5.41) is 0. The average molecular weight is 380 g/mol. The van der Waals surface area contributed by atoms with Crippen LogP contribution >= 0.6 is 22.9 Å². The predicted molar refractivity (Wildman–Crippen MR) is 98.6 cm³/mol. The molecule has 0 atom stereocenters. The van der Waals surface area contributed by atoms with Crippen LogP contribution in [0.1, 0.15) is 0 Å². The van der Waals surface area contributed by atoms with Gasteiger partial charge in [-0.2, -0.15) is 0 Å². The molecule has 24 heavy (non-hydrogen) atoms. The van der Waals surface area contributed by atoms with Crippen LogP contribution in [0, 0.1) is 0 Å². The van der Waals surface area contributed by atoms with Crippen molar-refractivity contribution in [2.24, 2.45) is 0 Å². The highest BCUT2D eigenvalue weighted by Crippen LogP contribution is 2.34. The van der Waals surface area contributed by atoms with E-state index in [0.29, 0.717) is 15.8 Å². The first-order valence-corrected chi connectivity index (χ1v) is 9.69. The first kappa shape index (κ1) is 16.8. The zero-order valence-corrected chi connectivity index (χ0v) is 15.1. The fraction of sp³-hybridized carbons (Fsp3) is 0.0588. The summed E-state index contributed by atoms with van der Waals surface area (Å²) in [5.74, 6) is 0.670. The number of hydrogen-bond donors (Lipinski definition) is 1. The fourth-order valence-corrected chi connectivity index (χ4v) is 4.79. The number of nitrogens with one attached hydrogen (secondary N) is 1. The second kappa shape index (κ2) is 6.84. The van der Waals surface area contributed by atoms with Crippen molar-refractivity contribution in [3.05, 3.63) is 65.0 Å². The van der Waals surface area contributed by atoms with E-state index in [1.54, 1.807) is 31.4 Å². The van der Waals surface area contributed by atoms with Crippen molar-refractivity contribution < 1.29 is 13.2 Å². The van der Waals surface area contributed by atoms with Crippen molar-refractivity contribution >= 4 is 38.6 Å². The molecule has 0 saturated heterocycles. The molecule has 0 aliphatic rings. The van der Waals surface area contributed by atoms with Gasteiger partial charge in [0.05, 0.1) is 11.4 Å². The van der Waals surface area contributed by atoms with Gasteiger partial charge in [0.2, 0.25) is 0 Å². The number of rotatable bonds is 5. The molecule has 0 fully saturated rings. The lowest BCUT2D eigenvalue weighted by atomic mass is 10.0. The Morgan fingerprint density at radius 1 is 1.04 bits per heavy atom. The van der Waals surface area contributed by atoms with Crippen molar-refractivity contribution in [3.63, 3.8) is 0 Å². The molecule has 0 spiro atoms. The minimum absolute atomic E-state index is 0.171. The molecule has 0 saturated carbocycles. The molecule has 1 aromatic heterocycles. The van der Waals surface area contributed by atoms with Gasteiger partial charge < -0.3 is 4.74 Å². The number of ether oxygens (including phenoxy) is 1. The van der Waals surface area contributed by atoms with E-state index in [0.717, 1.165) is 22.5 Å². The molecule has 0 aliphatic carbocycles. The third-order valence-electron chi connectivity index (χ3n) is 3.35. The summed E-state index contributed by atoms with van der Waals surface area (Å²) in [5.41, 5.74) is 2.20. The molecular weight excluding hydrogens is 366 g/mol. The van der Waals surface area contributed by atoms with Gasteiger partial charge >= 0.3 is 0 Å². The van der Waals surface area contributed by atoms with Crippen LogP contribution in [0.25, 0.3) is 11.1 Å². The Kier molecular flexibility index (Phi) is 4.80. The van der Waals surface area contributed by atoms with Crippen molar-refractivity contribution in [1.82, 2.24) is 0 Å². The Morgan fingerprint density at radius 2 is 1.79 bits per heavy atom. The third-order valence-corrected chi connectivity index (χ3v) is 6.45. The maximum Gasteiger partial charge on any atom is 0.271 e. The molecule has 0 radical (unpaired) electrons. The molecule has 0 unspecified atom stereocenters. The highest BCUT2D eigenvalue weighted by atomic mass is 35.5. The molecule has 3 rings (SSSR count). The van der Waals surface area contributed by atoms with Crippen molar-refractivity contribution in [1.29, 1.82) is 0 Å². The summed E-state index contributed by atoms with van der Waals surface area (Å²) in [4.78, 5) is 0. The lowest BCUT2D eigenvalue weighted by molar-refractivity contribution is 0.416. The van der Waals surface area contributed by atoms with Crippen molar-refractivity contribution in [2.75, 3.05) is 11.8 Å². The highest BCUT2D eigenvalue weighted by molar-refractivity contribution is 7.94. The Bertz CT molecular complexity index is 953. The van der Waals surface area contributed by atoms with Gasteiger partial charge in [0.15, 0.2) is 0 Å². The van der Waals surface area contributed by atoms with E-state index in [1.807, 2.05) is 30.3 Å². The standard InChI is InChI=1S/C17H14ClNO3S2/c1-22-15-8-7-13(11-14(15)12-5-3-2-4-6-12)19-24(20,21)17-10-9-16(18)23-17/h2-11,19H,1H3. The summed E-state index contributed by atoms with van der Waals surface area (Å²) in [6.45, 7) is 0.